The van der Waals surface area contributed by atoms with E-state index in [0.717, 1.165) is 31.5 Å². The monoisotopic (exact) mass is 261 g/mol. The number of nitrogens with two attached hydrogens (primary N) is 1. The van der Waals surface area contributed by atoms with E-state index >= 15 is 0 Å². The quantitative estimate of drug-likeness (QED) is 0.817. The van der Waals surface area contributed by atoms with Gasteiger partial charge in [-0.15, -0.1) is 0 Å². The van der Waals surface area contributed by atoms with Gasteiger partial charge in [0.1, 0.15) is 0 Å². The molecule has 0 saturated carbocycles. The van der Waals surface area contributed by atoms with Gasteiger partial charge in [0.25, 0.3) is 5.91 Å². The van der Waals surface area contributed by atoms with Crippen molar-refractivity contribution in [3.05, 3.63) is 29.8 Å². The highest BCUT2D eigenvalue weighted by Crippen LogP contribution is 2.15. The Kier molecular flexibility index (Phi) is 4.43. The molecular formula is C15H23N3O. The molecule has 1 aromatic carbocycles. The van der Waals surface area contributed by atoms with E-state index in [2.05, 4.69) is 19.2 Å². The van der Waals surface area contributed by atoms with Gasteiger partial charge in [0.05, 0.1) is 0 Å². The van der Waals surface area contributed by atoms with Gasteiger partial charge < -0.3 is 16.0 Å². The van der Waals surface area contributed by atoms with Crippen LogP contribution in [0.2, 0.25) is 0 Å². The third-order valence-corrected chi connectivity index (χ3v) is 3.51. The van der Waals surface area contributed by atoms with Crippen LogP contribution >= 0.6 is 0 Å². The first-order chi connectivity index (χ1) is 9.06. The van der Waals surface area contributed by atoms with Crippen LogP contribution in [0.3, 0.4) is 0 Å². The zero-order valence-corrected chi connectivity index (χ0v) is 11.7. The topological polar surface area (TPSA) is 58.4 Å². The number of hydrogen-bond donors (Lipinski definition) is 2. The predicted octanol–water partition coefficient (Wildman–Crippen LogP) is 1.87. The molecule has 1 saturated heterocycles. The molecule has 0 aliphatic carbocycles. The fourth-order valence-electron chi connectivity index (χ4n) is 2.53. The Labute approximate surface area is 115 Å². The number of nitrogen functional groups attached to an aromatic ring is 1. The molecule has 0 radical (unpaired) electrons. The highest BCUT2D eigenvalue weighted by molar-refractivity contribution is 5.94. The van der Waals surface area contributed by atoms with Crippen molar-refractivity contribution in [2.75, 3.05) is 18.8 Å². The maximum absolute atomic E-state index is 12.3. The zero-order chi connectivity index (χ0) is 13.8. The molecule has 1 aromatic rings. The molecule has 1 aliphatic rings. The van der Waals surface area contributed by atoms with Gasteiger partial charge in [-0.1, -0.05) is 13.8 Å². The van der Waals surface area contributed by atoms with Crippen molar-refractivity contribution in [1.29, 1.82) is 0 Å². The SMILES string of the molecule is CC(C)NC1CCN(C(=O)c2ccc(N)cc2)CC1. The number of nitrogens with zero attached hydrogens (tertiary/aromatic N) is 1. The second-order valence-electron chi connectivity index (χ2n) is 5.51. The second kappa shape index (κ2) is 6.06. The van der Waals surface area contributed by atoms with Crippen LogP contribution in [0, 0.1) is 0 Å². The number of hydrogen-bond acceptors (Lipinski definition) is 3. The Morgan fingerprint density at radius 2 is 1.84 bits per heavy atom. The summed E-state index contributed by atoms with van der Waals surface area (Å²) in [4.78, 5) is 14.2. The Balaban J connectivity index is 1.90. The van der Waals surface area contributed by atoms with Crippen LogP contribution in [-0.2, 0) is 0 Å². The van der Waals surface area contributed by atoms with Gasteiger partial charge in [-0.25, -0.2) is 0 Å². The molecule has 19 heavy (non-hydrogen) atoms. The molecule has 1 fully saturated rings. The molecule has 1 heterocycles. The van der Waals surface area contributed by atoms with Gasteiger partial charge in [0.2, 0.25) is 0 Å². The fourth-order valence-corrected chi connectivity index (χ4v) is 2.53. The van der Waals surface area contributed by atoms with Crippen LogP contribution in [0.15, 0.2) is 24.3 Å². The van der Waals surface area contributed by atoms with Crippen LogP contribution in [0.5, 0.6) is 0 Å². The number of nitrogens with one attached hydrogen (secondary N) is 1. The lowest BCUT2D eigenvalue weighted by Gasteiger charge is -2.33. The number of carbonyl (C=O) groups excluding carboxylic acids is 1. The Hall–Kier alpha value is -1.55. The van der Waals surface area contributed by atoms with Crippen molar-refractivity contribution in [3.63, 3.8) is 0 Å². The minimum Gasteiger partial charge on any atom is -0.399 e. The molecule has 0 aromatic heterocycles. The minimum absolute atomic E-state index is 0.114. The Bertz CT molecular complexity index is 420. The normalized spacial score (nSPS) is 16.9. The van der Waals surface area contributed by atoms with Gasteiger partial charge >= 0.3 is 0 Å². The van der Waals surface area contributed by atoms with Crippen molar-refractivity contribution in [1.82, 2.24) is 10.2 Å². The third-order valence-electron chi connectivity index (χ3n) is 3.51. The van der Waals surface area contributed by atoms with E-state index in [-0.39, 0.29) is 5.91 Å². The van der Waals surface area contributed by atoms with Gasteiger partial charge in [0.15, 0.2) is 0 Å². The summed E-state index contributed by atoms with van der Waals surface area (Å²) in [5, 5.41) is 3.53. The summed E-state index contributed by atoms with van der Waals surface area (Å²) in [5.74, 6) is 0.114. The number of carbonyl (C=O) groups is 1. The zero-order valence-electron chi connectivity index (χ0n) is 11.7. The highest BCUT2D eigenvalue weighted by atomic mass is 16.2. The molecule has 0 unspecified atom stereocenters. The minimum atomic E-state index is 0.114. The molecule has 3 N–H and O–H groups in total. The summed E-state index contributed by atoms with van der Waals surface area (Å²) >= 11 is 0. The highest BCUT2D eigenvalue weighted by Gasteiger charge is 2.23. The lowest BCUT2D eigenvalue weighted by molar-refractivity contribution is 0.0703. The van der Waals surface area contributed by atoms with Gasteiger partial charge in [0, 0.05) is 36.4 Å². The lowest BCUT2D eigenvalue weighted by atomic mass is 10.0. The molecule has 0 spiro atoms. The summed E-state index contributed by atoms with van der Waals surface area (Å²) in [7, 11) is 0. The van der Waals surface area contributed by atoms with E-state index in [1.807, 2.05) is 4.90 Å². The van der Waals surface area contributed by atoms with E-state index < -0.39 is 0 Å². The summed E-state index contributed by atoms with van der Waals surface area (Å²) in [6.07, 6.45) is 2.05. The largest absolute Gasteiger partial charge is 0.399 e. The fraction of sp³-hybridized carbons (Fsp3) is 0.533. The van der Waals surface area contributed by atoms with Gasteiger partial charge in [-0.2, -0.15) is 0 Å². The predicted molar refractivity (Wildman–Crippen MR) is 78.1 cm³/mol. The second-order valence-corrected chi connectivity index (χ2v) is 5.51. The number of anilines is 1. The smallest absolute Gasteiger partial charge is 0.253 e. The number of amides is 1. The molecule has 0 atom stereocenters. The van der Waals surface area contributed by atoms with Gasteiger partial charge in [-0.3, -0.25) is 4.79 Å². The first-order valence-electron chi connectivity index (χ1n) is 6.97. The van der Waals surface area contributed by atoms with Crippen LogP contribution < -0.4 is 11.1 Å². The van der Waals surface area contributed by atoms with Gasteiger partial charge in [-0.05, 0) is 37.1 Å². The van der Waals surface area contributed by atoms with Crippen molar-refractivity contribution in [2.45, 2.75) is 38.8 Å². The van der Waals surface area contributed by atoms with E-state index in [0.29, 0.717) is 17.8 Å². The number of piperidine rings is 1. The van der Waals surface area contributed by atoms with Crippen LogP contribution in [-0.4, -0.2) is 36.0 Å². The van der Waals surface area contributed by atoms with E-state index in [9.17, 15) is 4.79 Å². The number of rotatable bonds is 3. The van der Waals surface area contributed by atoms with E-state index in [1.165, 1.54) is 0 Å². The molecule has 2 rings (SSSR count). The van der Waals surface area contributed by atoms with Crippen LogP contribution in [0.25, 0.3) is 0 Å². The van der Waals surface area contributed by atoms with Crippen LogP contribution in [0.1, 0.15) is 37.0 Å². The Morgan fingerprint density at radius 3 is 2.37 bits per heavy atom. The van der Waals surface area contributed by atoms with Crippen LogP contribution in [0.4, 0.5) is 5.69 Å². The molecule has 1 aliphatic heterocycles. The maximum Gasteiger partial charge on any atom is 0.253 e. The third kappa shape index (κ3) is 3.70. The first-order valence-corrected chi connectivity index (χ1v) is 6.97. The summed E-state index contributed by atoms with van der Waals surface area (Å²) in [5.41, 5.74) is 7.05. The lowest BCUT2D eigenvalue weighted by Crippen LogP contribution is -2.46. The van der Waals surface area contributed by atoms with Crippen molar-refractivity contribution in [3.8, 4) is 0 Å². The van der Waals surface area contributed by atoms with Crippen molar-refractivity contribution in [2.24, 2.45) is 0 Å². The number of benzene rings is 1. The first kappa shape index (κ1) is 13.9. The summed E-state index contributed by atoms with van der Waals surface area (Å²) in [6.45, 7) is 5.97. The molecular weight excluding hydrogens is 238 g/mol. The van der Waals surface area contributed by atoms with Crippen molar-refractivity contribution < 1.29 is 4.79 Å². The molecule has 1 amide bonds. The maximum atomic E-state index is 12.3. The van der Waals surface area contributed by atoms with E-state index in [1.54, 1.807) is 24.3 Å². The number of likely N-dealkylation sites (tertiary alicyclic amines) is 1. The van der Waals surface area contributed by atoms with Crippen molar-refractivity contribution >= 4 is 11.6 Å². The summed E-state index contributed by atoms with van der Waals surface area (Å²) < 4.78 is 0. The summed E-state index contributed by atoms with van der Waals surface area (Å²) in [6, 6.07) is 8.20. The van der Waals surface area contributed by atoms with E-state index in [4.69, 9.17) is 5.73 Å². The average molecular weight is 261 g/mol. The molecule has 104 valence electrons. The molecule has 0 bridgehead atoms. The molecule has 4 heteroatoms. The average Bonchev–Trinajstić information content (AvgIpc) is 2.39. The Morgan fingerprint density at radius 1 is 1.26 bits per heavy atom. The standard InChI is InChI=1S/C15H23N3O/c1-11(2)17-14-7-9-18(10-8-14)15(19)12-3-5-13(16)6-4-12/h3-6,11,14,17H,7-10,16H2,1-2H3. The molecule has 4 nitrogen and oxygen atoms in total.